The first-order valence-corrected chi connectivity index (χ1v) is 13.2. The van der Waals surface area contributed by atoms with Crippen molar-refractivity contribution in [1.29, 1.82) is 0 Å². The topological polar surface area (TPSA) is 69.9 Å². The number of fused-ring (bicyclic) bond motifs is 1. The second-order valence-corrected chi connectivity index (χ2v) is 10.6. The third-order valence-electron chi connectivity index (χ3n) is 5.39. The van der Waals surface area contributed by atoms with Crippen LogP contribution >= 0.6 is 46.1 Å². The van der Waals surface area contributed by atoms with Gasteiger partial charge in [0.2, 0.25) is 0 Å². The molecular formula is C26H23Cl3N2O4S. The fourth-order valence-electron chi connectivity index (χ4n) is 3.97. The molecule has 1 aromatic heterocycles. The molecule has 3 aromatic rings. The van der Waals surface area contributed by atoms with Gasteiger partial charge in [-0.05, 0) is 57.5 Å². The standard InChI is InChI=1S/C26H23Cl3N2O4S/c1-5-34-25(33)21-14(4)30-26-31(22(21)17-8-6-7-9-18(17)28)24(32)20(36-26)11-15-10-16(27)12-19(29)23(15)35-13(2)3/h6-13,22H,5H2,1-4H3/b20-11-/t22-/m1/s1. The predicted molar refractivity (Wildman–Crippen MR) is 144 cm³/mol. The Bertz CT molecular complexity index is 1560. The predicted octanol–water partition coefficient (Wildman–Crippen LogP) is 5.55. The fourth-order valence-corrected chi connectivity index (χ4v) is 5.80. The molecule has 1 aliphatic heterocycles. The van der Waals surface area contributed by atoms with Crippen LogP contribution in [-0.2, 0) is 9.53 Å². The molecule has 36 heavy (non-hydrogen) atoms. The van der Waals surface area contributed by atoms with Crippen LogP contribution in [-0.4, -0.2) is 23.2 Å². The summed E-state index contributed by atoms with van der Waals surface area (Å²) < 4.78 is 13.1. The summed E-state index contributed by atoms with van der Waals surface area (Å²) in [6, 6.07) is 9.57. The molecular weight excluding hydrogens is 543 g/mol. The Morgan fingerprint density at radius 1 is 1.19 bits per heavy atom. The van der Waals surface area contributed by atoms with Gasteiger partial charge in [-0.2, -0.15) is 0 Å². The lowest BCUT2D eigenvalue weighted by molar-refractivity contribution is -0.139. The molecule has 0 fully saturated rings. The lowest BCUT2D eigenvalue weighted by Gasteiger charge is -2.25. The summed E-state index contributed by atoms with van der Waals surface area (Å²) in [4.78, 5) is 31.8. The monoisotopic (exact) mass is 564 g/mol. The van der Waals surface area contributed by atoms with E-state index in [1.807, 2.05) is 13.8 Å². The quantitative estimate of drug-likeness (QED) is 0.368. The van der Waals surface area contributed by atoms with Crippen molar-refractivity contribution in [2.75, 3.05) is 6.61 Å². The van der Waals surface area contributed by atoms with E-state index >= 15 is 0 Å². The van der Waals surface area contributed by atoms with E-state index in [9.17, 15) is 9.59 Å². The van der Waals surface area contributed by atoms with E-state index in [4.69, 9.17) is 44.3 Å². The van der Waals surface area contributed by atoms with Crippen molar-refractivity contribution in [1.82, 2.24) is 4.57 Å². The van der Waals surface area contributed by atoms with Gasteiger partial charge in [0.1, 0.15) is 11.8 Å². The Morgan fingerprint density at radius 2 is 1.92 bits per heavy atom. The molecule has 0 saturated heterocycles. The maximum atomic E-state index is 13.8. The number of allylic oxidation sites excluding steroid dienone is 1. The SMILES string of the molecule is CCOC(=O)C1=C(C)N=c2s/c(=C\c3cc(Cl)cc(Cl)c3OC(C)C)c(=O)n2[C@@H]1c1ccccc1Cl. The van der Waals surface area contributed by atoms with E-state index in [1.54, 1.807) is 56.3 Å². The van der Waals surface area contributed by atoms with Gasteiger partial charge in [0, 0.05) is 15.6 Å². The molecule has 0 aliphatic carbocycles. The van der Waals surface area contributed by atoms with E-state index < -0.39 is 12.0 Å². The van der Waals surface area contributed by atoms with Crippen molar-refractivity contribution in [3.63, 3.8) is 0 Å². The van der Waals surface area contributed by atoms with Crippen LogP contribution in [0.1, 0.15) is 44.9 Å². The Balaban J connectivity index is 1.99. The van der Waals surface area contributed by atoms with Gasteiger partial charge in [0.25, 0.3) is 5.56 Å². The number of carbonyl (C=O) groups is 1. The maximum absolute atomic E-state index is 13.8. The van der Waals surface area contributed by atoms with Crippen LogP contribution < -0.4 is 19.6 Å². The molecule has 10 heteroatoms. The van der Waals surface area contributed by atoms with E-state index in [0.29, 0.717) is 47.0 Å². The van der Waals surface area contributed by atoms with Crippen LogP contribution in [0.4, 0.5) is 0 Å². The Morgan fingerprint density at radius 3 is 2.58 bits per heavy atom. The highest BCUT2D eigenvalue weighted by molar-refractivity contribution is 7.07. The first-order chi connectivity index (χ1) is 17.1. The molecule has 4 rings (SSSR count). The molecule has 2 aromatic carbocycles. The van der Waals surface area contributed by atoms with Crippen molar-refractivity contribution in [2.45, 2.75) is 39.8 Å². The van der Waals surface area contributed by atoms with Gasteiger partial charge in [0.05, 0.1) is 33.5 Å². The summed E-state index contributed by atoms with van der Waals surface area (Å²) in [5, 5.41) is 1.16. The van der Waals surface area contributed by atoms with Crippen LogP contribution in [0.25, 0.3) is 6.08 Å². The number of hydrogen-bond donors (Lipinski definition) is 0. The molecule has 0 bridgehead atoms. The highest BCUT2D eigenvalue weighted by Crippen LogP contribution is 2.35. The molecule has 0 amide bonds. The number of thiazole rings is 1. The summed E-state index contributed by atoms with van der Waals surface area (Å²) >= 11 is 20.4. The van der Waals surface area contributed by atoms with Crippen LogP contribution in [0.2, 0.25) is 15.1 Å². The molecule has 0 saturated carbocycles. The average Bonchev–Trinajstić information content (AvgIpc) is 3.10. The summed E-state index contributed by atoms with van der Waals surface area (Å²) in [5.41, 5.74) is 1.53. The minimum Gasteiger partial charge on any atom is -0.489 e. The van der Waals surface area contributed by atoms with Gasteiger partial charge in [-0.3, -0.25) is 9.36 Å². The summed E-state index contributed by atoms with van der Waals surface area (Å²) in [5.74, 6) is -0.125. The van der Waals surface area contributed by atoms with Gasteiger partial charge < -0.3 is 9.47 Å². The van der Waals surface area contributed by atoms with Crippen molar-refractivity contribution in [3.8, 4) is 5.75 Å². The number of halogens is 3. The maximum Gasteiger partial charge on any atom is 0.338 e. The number of rotatable bonds is 6. The molecule has 2 heterocycles. The van der Waals surface area contributed by atoms with Gasteiger partial charge in [-0.1, -0.05) is 64.3 Å². The zero-order valence-electron chi connectivity index (χ0n) is 20.0. The van der Waals surface area contributed by atoms with Crippen molar-refractivity contribution >= 4 is 58.2 Å². The second-order valence-electron chi connectivity index (χ2n) is 8.30. The Hall–Kier alpha value is -2.58. The molecule has 188 valence electrons. The summed E-state index contributed by atoms with van der Waals surface area (Å²) in [7, 11) is 0. The average molecular weight is 566 g/mol. The van der Waals surface area contributed by atoms with Gasteiger partial charge in [-0.15, -0.1) is 0 Å². The third-order valence-corrected chi connectivity index (χ3v) is 7.22. The number of carbonyl (C=O) groups excluding carboxylic acids is 1. The van der Waals surface area contributed by atoms with Crippen LogP contribution in [0, 0.1) is 0 Å². The fraction of sp³-hybridized carbons (Fsp3) is 0.269. The number of esters is 1. The molecule has 0 N–H and O–H groups in total. The van der Waals surface area contributed by atoms with Gasteiger partial charge >= 0.3 is 5.97 Å². The Labute approximate surface area is 227 Å². The van der Waals surface area contributed by atoms with Crippen molar-refractivity contribution in [3.05, 3.63) is 93.6 Å². The first-order valence-electron chi connectivity index (χ1n) is 11.2. The highest BCUT2D eigenvalue weighted by atomic mass is 35.5. The minimum atomic E-state index is -0.800. The lowest BCUT2D eigenvalue weighted by Crippen LogP contribution is -2.40. The molecule has 6 nitrogen and oxygen atoms in total. The largest absolute Gasteiger partial charge is 0.489 e. The summed E-state index contributed by atoms with van der Waals surface area (Å²) in [6.07, 6.45) is 1.53. The van der Waals surface area contributed by atoms with E-state index in [-0.39, 0.29) is 23.8 Å². The highest BCUT2D eigenvalue weighted by Gasteiger charge is 2.34. The van der Waals surface area contributed by atoms with Crippen molar-refractivity contribution in [2.24, 2.45) is 4.99 Å². The molecule has 0 unspecified atom stereocenters. The van der Waals surface area contributed by atoms with E-state index in [1.165, 1.54) is 15.9 Å². The number of ether oxygens (including phenoxy) is 2. The van der Waals surface area contributed by atoms with Crippen LogP contribution in [0.15, 0.2) is 57.5 Å². The zero-order chi connectivity index (χ0) is 26.1. The van der Waals surface area contributed by atoms with Crippen LogP contribution in [0.3, 0.4) is 0 Å². The third kappa shape index (κ3) is 5.11. The number of benzene rings is 2. The van der Waals surface area contributed by atoms with Crippen molar-refractivity contribution < 1.29 is 14.3 Å². The molecule has 0 spiro atoms. The molecule has 1 aliphatic rings. The summed E-state index contributed by atoms with van der Waals surface area (Å²) in [6.45, 7) is 7.39. The van der Waals surface area contributed by atoms with E-state index in [2.05, 4.69) is 4.99 Å². The van der Waals surface area contributed by atoms with Gasteiger partial charge in [-0.25, -0.2) is 9.79 Å². The lowest BCUT2D eigenvalue weighted by atomic mass is 9.96. The first kappa shape index (κ1) is 26.5. The molecule has 1 atom stereocenters. The zero-order valence-corrected chi connectivity index (χ0v) is 23.1. The van der Waals surface area contributed by atoms with Crippen LogP contribution in [0.5, 0.6) is 5.75 Å². The molecule has 0 radical (unpaired) electrons. The Kier molecular flexibility index (Phi) is 7.95. The second kappa shape index (κ2) is 10.8. The normalized spacial score (nSPS) is 15.7. The number of hydrogen-bond acceptors (Lipinski definition) is 6. The minimum absolute atomic E-state index is 0.146. The van der Waals surface area contributed by atoms with Gasteiger partial charge in [0.15, 0.2) is 4.80 Å². The smallest absolute Gasteiger partial charge is 0.338 e. The van der Waals surface area contributed by atoms with E-state index in [0.717, 1.165) is 0 Å². The number of nitrogens with zero attached hydrogens (tertiary/aromatic N) is 2. The number of aromatic nitrogens is 1.